The van der Waals surface area contributed by atoms with Crippen molar-refractivity contribution in [2.75, 3.05) is 57.2 Å². The van der Waals surface area contributed by atoms with Crippen LogP contribution in [0.2, 0.25) is 5.02 Å². The number of halogens is 1. The molecule has 188 valence electrons. The van der Waals surface area contributed by atoms with Crippen LogP contribution in [0.4, 0.5) is 17.5 Å². The van der Waals surface area contributed by atoms with Crippen molar-refractivity contribution >= 4 is 40.0 Å². The highest BCUT2D eigenvalue weighted by molar-refractivity contribution is 6.30. The van der Waals surface area contributed by atoms with Crippen molar-refractivity contribution in [3.8, 4) is 11.3 Å². The van der Waals surface area contributed by atoms with Crippen molar-refractivity contribution < 1.29 is 4.74 Å². The number of aromatic nitrogens is 4. The molecule has 0 bridgehead atoms. The Morgan fingerprint density at radius 3 is 2.56 bits per heavy atom. The van der Waals surface area contributed by atoms with E-state index in [9.17, 15) is 0 Å². The van der Waals surface area contributed by atoms with Gasteiger partial charge in [0.05, 0.1) is 30.1 Å². The van der Waals surface area contributed by atoms with E-state index in [0.717, 1.165) is 66.6 Å². The molecule has 1 saturated heterocycles. The number of rotatable bonds is 8. The summed E-state index contributed by atoms with van der Waals surface area (Å²) in [4.78, 5) is 14.2. The van der Waals surface area contributed by atoms with Crippen LogP contribution in [-0.4, -0.2) is 71.6 Å². The van der Waals surface area contributed by atoms with Crippen LogP contribution in [0.3, 0.4) is 0 Å². The maximum absolute atomic E-state index is 6.07. The van der Waals surface area contributed by atoms with Crippen molar-refractivity contribution in [2.24, 2.45) is 0 Å². The molecule has 9 heteroatoms. The van der Waals surface area contributed by atoms with Gasteiger partial charge < -0.3 is 19.9 Å². The van der Waals surface area contributed by atoms with Gasteiger partial charge in [-0.15, -0.1) is 0 Å². The first-order chi connectivity index (χ1) is 17.5. The van der Waals surface area contributed by atoms with Gasteiger partial charge in [-0.05, 0) is 64.3 Å². The first kappa shape index (κ1) is 24.5. The fourth-order valence-corrected chi connectivity index (χ4v) is 4.56. The van der Waals surface area contributed by atoms with Gasteiger partial charge in [-0.3, -0.25) is 4.68 Å². The molecule has 1 aliphatic heterocycles. The molecule has 36 heavy (non-hydrogen) atoms. The van der Waals surface area contributed by atoms with Crippen LogP contribution in [0.5, 0.6) is 0 Å². The Labute approximate surface area is 216 Å². The molecule has 0 atom stereocenters. The Bertz CT molecular complexity index is 1330. The Balaban J connectivity index is 1.52. The Kier molecular flexibility index (Phi) is 7.36. The van der Waals surface area contributed by atoms with E-state index >= 15 is 0 Å². The highest BCUT2D eigenvalue weighted by atomic mass is 35.5. The third-order valence-corrected chi connectivity index (χ3v) is 6.58. The van der Waals surface area contributed by atoms with Crippen molar-refractivity contribution in [3.05, 3.63) is 59.2 Å². The first-order valence-electron chi connectivity index (χ1n) is 12.3. The number of benzene rings is 2. The van der Waals surface area contributed by atoms with E-state index in [1.165, 1.54) is 5.39 Å². The van der Waals surface area contributed by atoms with Crippen LogP contribution in [0.15, 0.2) is 48.5 Å². The number of nitrogens with zero attached hydrogens (tertiary/aromatic N) is 6. The summed E-state index contributed by atoms with van der Waals surface area (Å²) in [5.74, 6) is 1.43. The molecule has 0 spiro atoms. The molecule has 2 aromatic heterocycles. The summed E-state index contributed by atoms with van der Waals surface area (Å²) >= 11 is 6.07. The second kappa shape index (κ2) is 10.8. The standard InChI is InChI=1S/C27H32ClN7O/c1-19-23-10-5-20(17-25(23)35(32-19)12-4-11-33(2)3)24-18-26(29-22-8-6-21(28)7-9-22)31-27(30-24)34-13-15-36-16-14-34/h5-10,17-18H,4,11-16H2,1-3H3,(H,29,30,31). The largest absolute Gasteiger partial charge is 0.378 e. The lowest BCUT2D eigenvalue weighted by atomic mass is 10.1. The van der Waals surface area contributed by atoms with Gasteiger partial charge >= 0.3 is 0 Å². The number of morpholine rings is 1. The van der Waals surface area contributed by atoms with E-state index in [1.807, 2.05) is 30.3 Å². The van der Waals surface area contributed by atoms with Gasteiger partial charge in [-0.1, -0.05) is 23.7 Å². The van der Waals surface area contributed by atoms with Crippen LogP contribution in [0.25, 0.3) is 22.2 Å². The molecule has 2 aromatic carbocycles. The molecule has 1 N–H and O–H groups in total. The molecule has 4 aromatic rings. The number of hydrogen-bond donors (Lipinski definition) is 1. The maximum atomic E-state index is 6.07. The molecule has 1 fully saturated rings. The molecule has 0 amide bonds. The molecule has 5 rings (SSSR count). The lowest BCUT2D eigenvalue weighted by Gasteiger charge is -2.27. The van der Waals surface area contributed by atoms with E-state index in [4.69, 9.17) is 31.4 Å². The summed E-state index contributed by atoms with van der Waals surface area (Å²) < 4.78 is 7.67. The molecule has 0 aliphatic carbocycles. The zero-order valence-corrected chi connectivity index (χ0v) is 21.8. The summed E-state index contributed by atoms with van der Waals surface area (Å²) in [5.41, 5.74) is 4.99. The summed E-state index contributed by atoms with van der Waals surface area (Å²) in [6, 6.07) is 16.1. The molecular weight excluding hydrogens is 474 g/mol. The second-order valence-corrected chi connectivity index (χ2v) is 9.80. The number of hydrogen-bond acceptors (Lipinski definition) is 7. The van der Waals surface area contributed by atoms with Crippen LogP contribution in [0, 0.1) is 6.92 Å². The van der Waals surface area contributed by atoms with Crippen LogP contribution < -0.4 is 10.2 Å². The highest BCUT2D eigenvalue weighted by Gasteiger charge is 2.17. The van der Waals surface area contributed by atoms with Gasteiger partial charge in [0.25, 0.3) is 0 Å². The van der Waals surface area contributed by atoms with Gasteiger partial charge in [0.1, 0.15) is 5.82 Å². The van der Waals surface area contributed by atoms with Crippen LogP contribution in [0.1, 0.15) is 12.1 Å². The summed E-state index contributed by atoms with van der Waals surface area (Å²) in [6.07, 6.45) is 1.04. The van der Waals surface area contributed by atoms with Gasteiger partial charge in [-0.25, -0.2) is 4.98 Å². The molecule has 3 heterocycles. The van der Waals surface area contributed by atoms with Gasteiger partial charge in [0, 0.05) is 47.4 Å². The average molecular weight is 506 g/mol. The molecule has 1 aliphatic rings. The number of ether oxygens (including phenoxy) is 1. The fourth-order valence-electron chi connectivity index (χ4n) is 4.44. The van der Waals surface area contributed by atoms with Crippen molar-refractivity contribution in [2.45, 2.75) is 19.9 Å². The smallest absolute Gasteiger partial charge is 0.228 e. The van der Waals surface area contributed by atoms with E-state index in [2.05, 4.69) is 59.0 Å². The summed E-state index contributed by atoms with van der Waals surface area (Å²) in [6.45, 7) is 6.84. The summed E-state index contributed by atoms with van der Waals surface area (Å²) in [7, 11) is 4.20. The van der Waals surface area contributed by atoms with E-state index in [0.29, 0.717) is 24.2 Å². The average Bonchev–Trinajstić information content (AvgIpc) is 3.20. The monoisotopic (exact) mass is 505 g/mol. The predicted octanol–water partition coefficient (Wildman–Crippen LogP) is 4.99. The molecular formula is C27H32ClN7O. The first-order valence-corrected chi connectivity index (χ1v) is 12.7. The molecule has 0 saturated carbocycles. The van der Waals surface area contributed by atoms with Crippen molar-refractivity contribution in [3.63, 3.8) is 0 Å². The quantitative estimate of drug-likeness (QED) is 0.362. The zero-order valence-electron chi connectivity index (χ0n) is 21.0. The molecule has 0 unspecified atom stereocenters. The predicted molar refractivity (Wildman–Crippen MR) is 146 cm³/mol. The third kappa shape index (κ3) is 5.61. The normalized spacial score (nSPS) is 14.1. The number of nitrogens with one attached hydrogen (secondary N) is 1. The lowest BCUT2D eigenvalue weighted by molar-refractivity contribution is 0.122. The minimum absolute atomic E-state index is 0.672. The van der Waals surface area contributed by atoms with Crippen molar-refractivity contribution in [1.29, 1.82) is 0 Å². The second-order valence-electron chi connectivity index (χ2n) is 9.37. The van der Waals surface area contributed by atoms with Crippen molar-refractivity contribution in [1.82, 2.24) is 24.6 Å². The lowest BCUT2D eigenvalue weighted by Crippen LogP contribution is -2.37. The SMILES string of the molecule is Cc1nn(CCCN(C)C)c2cc(-c3cc(Nc4ccc(Cl)cc4)nc(N4CCOCC4)n3)ccc12. The Morgan fingerprint density at radius 2 is 1.81 bits per heavy atom. The maximum Gasteiger partial charge on any atom is 0.228 e. The minimum Gasteiger partial charge on any atom is -0.378 e. The van der Waals surface area contributed by atoms with Gasteiger partial charge in [0.15, 0.2) is 0 Å². The molecule has 0 radical (unpaired) electrons. The summed E-state index contributed by atoms with van der Waals surface area (Å²) in [5, 5.41) is 10.1. The highest BCUT2D eigenvalue weighted by Crippen LogP contribution is 2.29. The van der Waals surface area contributed by atoms with Gasteiger partial charge in [0.2, 0.25) is 5.95 Å². The van der Waals surface area contributed by atoms with Crippen LogP contribution in [-0.2, 0) is 11.3 Å². The third-order valence-electron chi connectivity index (χ3n) is 6.33. The van der Waals surface area contributed by atoms with E-state index < -0.39 is 0 Å². The number of fused-ring (bicyclic) bond motifs is 1. The molecule has 8 nitrogen and oxygen atoms in total. The Hall–Kier alpha value is -3.20. The Morgan fingerprint density at radius 1 is 1.03 bits per heavy atom. The van der Waals surface area contributed by atoms with E-state index in [1.54, 1.807) is 0 Å². The topological polar surface area (TPSA) is 71.3 Å². The van der Waals surface area contributed by atoms with E-state index in [-0.39, 0.29) is 0 Å². The number of aryl methyl sites for hydroxylation is 2. The zero-order chi connectivity index (χ0) is 25.1. The van der Waals surface area contributed by atoms with Crippen LogP contribution >= 0.6 is 11.6 Å². The minimum atomic E-state index is 0.672. The number of anilines is 3. The van der Waals surface area contributed by atoms with Gasteiger partial charge in [-0.2, -0.15) is 10.1 Å². The fraction of sp³-hybridized carbons (Fsp3) is 0.370.